The molecule has 18 heavy (non-hydrogen) atoms. The summed E-state index contributed by atoms with van der Waals surface area (Å²) in [4.78, 5) is 23.7. The Hall–Kier alpha value is -1.88. The molecule has 0 radical (unpaired) electrons. The average Bonchev–Trinajstić information content (AvgIpc) is 2.32. The minimum Gasteiger partial charge on any atom is -0.480 e. The van der Waals surface area contributed by atoms with Gasteiger partial charge in [0.15, 0.2) is 0 Å². The Bertz CT molecular complexity index is 414. The van der Waals surface area contributed by atoms with Gasteiger partial charge in [-0.2, -0.15) is 0 Å². The van der Waals surface area contributed by atoms with Crippen molar-refractivity contribution in [1.29, 1.82) is 0 Å². The van der Waals surface area contributed by atoms with Crippen molar-refractivity contribution in [3.05, 3.63) is 29.8 Å². The molecule has 1 aromatic carbocycles. The van der Waals surface area contributed by atoms with Crippen LogP contribution in [0, 0.1) is 6.92 Å². The van der Waals surface area contributed by atoms with Gasteiger partial charge in [-0.1, -0.05) is 17.7 Å². The smallest absolute Gasteiger partial charge is 0.329 e. The summed E-state index contributed by atoms with van der Waals surface area (Å²) in [6, 6.07) is 7.55. The lowest BCUT2D eigenvalue weighted by Gasteiger charge is -2.21. The molecule has 5 heteroatoms. The van der Waals surface area contributed by atoms with E-state index < -0.39 is 12.6 Å². The van der Waals surface area contributed by atoms with Gasteiger partial charge in [0.05, 0.1) is 0 Å². The quantitative estimate of drug-likeness (QED) is 0.831. The number of rotatable bonds is 6. The number of aliphatic carboxylic acids is 1. The Labute approximate surface area is 106 Å². The van der Waals surface area contributed by atoms with Crippen LogP contribution >= 0.6 is 0 Å². The Kier molecular flexibility index (Phi) is 5.32. The number of hydrogen-bond donors (Lipinski definition) is 1. The molecule has 98 valence electrons. The third kappa shape index (κ3) is 4.18. The summed E-state index contributed by atoms with van der Waals surface area (Å²) in [5, 5.41) is 8.42. The highest BCUT2D eigenvalue weighted by atomic mass is 16.5. The number of amides is 1. The van der Waals surface area contributed by atoms with Crippen molar-refractivity contribution in [2.75, 3.05) is 24.7 Å². The summed E-state index contributed by atoms with van der Waals surface area (Å²) in [5.41, 5.74) is 1.90. The summed E-state index contributed by atoms with van der Waals surface area (Å²) in [5.74, 6) is -1.33. The number of nitrogens with zero attached hydrogens (tertiary/aromatic N) is 1. The lowest BCUT2D eigenvalue weighted by molar-refractivity contribution is -0.143. The lowest BCUT2D eigenvalue weighted by atomic mass is 10.2. The molecule has 0 fully saturated rings. The van der Waals surface area contributed by atoms with E-state index >= 15 is 0 Å². The number of anilines is 1. The largest absolute Gasteiger partial charge is 0.480 e. The maximum absolute atomic E-state index is 11.8. The zero-order valence-electron chi connectivity index (χ0n) is 10.5. The lowest BCUT2D eigenvalue weighted by Crippen LogP contribution is -2.34. The van der Waals surface area contributed by atoms with Gasteiger partial charge in [0.25, 0.3) is 5.91 Å². The first-order chi connectivity index (χ1) is 8.54. The second kappa shape index (κ2) is 6.76. The monoisotopic (exact) mass is 251 g/mol. The van der Waals surface area contributed by atoms with Crippen molar-refractivity contribution in [2.45, 2.75) is 13.8 Å². The summed E-state index contributed by atoms with van der Waals surface area (Å²) in [6.07, 6.45) is 0. The van der Waals surface area contributed by atoms with Crippen molar-refractivity contribution >= 4 is 17.6 Å². The first-order valence-electron chi connectivity index (χ1n) is 5.71. The normalized spacial score (nSPS) is 10.1. The molecule has 0 aliphatic carbocycles. The topological polar surface area (TPSA) is 66.8 Å². The standard InChI is InChI=1S/C13H17NO4/c1-3-14(11-6-4-10(2)5-7-11)12(15)8-18-9-13(16)17/h4-7H,3,8-9H2,1-2H3,(H,16,17). The van der Waals surface area contributed by atoms with Crippen LogP contribution < -0.4 is 4.90 Å². The molecule has 0 aliphatic heterocycles. The molecule has 0 atom stereocenters. The Morgan fingerprint density at radius 3 is 2.33 bits per heavy atom. The van der Waals surface area contributed by atoms with Gasteiger partial charge in [0.2, 0.25) is 0 Å². The summed E-state index contributed by atoms with van der Waals surface area (Å²) < 4.78 is 4.79. The van der Waals surface area contributed by atoms with Crippen LogP contribution in [0.25, 0.3) is 0 Å². The Morgan fingerprint density at radius 1 is 1.22 bits per heavy atom. The van der Waals surface area contributed by atoms with E-state index in [0.717, 1.165) is 11.3 Å². The predicted molar refractivity (Wildman–Crippen MR) is 67.7 cm³/mol. The second-order valence-corrected chi connectivity index (χ2v) is 3.86. The Morgan fingerprint density at radius 2 is 1.83 bits per heavy atom. The highest BCUT2D eigenvalue weighted by Crippen LogP contribution is 2.15. The fraction of sp³-hybridized carbons (Fsp3) is 0.385. The van der Waals surface area contributed by atoms with Gasteiger partial charge < -0.3 is 14.7 Å². The molecule has 0 unspecified atom stereocenters. The van der Waals surface area contributed by atoms with Crippen LogP contribution in [0.4, 0.5) is 5.69 Å². The van der Waals surface area contributed by atoms with Crippen LogP contribution in [-0.4, -0.2) is 36.7 Å². The predicted octanol–water partition coefficient (Wildman–Crippen LogP) is 1.45. The molecule has 1 N–H and O–H groups in total. The van der Waals surface area contributed by atoms with E-state index in [9.17, 15) is 9.59 Å². The van der Waals surface area contributed by atoms with Crippen molar-refractivity contribution in [3.8, 4) is 0 Å². The summed E-state index contributed by atoms with van der Waals surface area (Å²) in [7, 11) is 0. The van der Waals surface area contributed by atoms with Crippen molar-refractivity contribution < 1.29 is 19.4 Å². The number of carbonyl (C=O) groups excluding carboxylic acids is 1. The van der Waals surface area contributed by atoms with Crippen LogP contribution in [0.2, 0.25) is 0 Å². The molecule has 1 amide bonds. The van der Waals surface area contributed by atoms with Gasteiger partial charge >= 0.3 is 5.97 Å². The third-order valence-electron chi connectivity index (χ3n) is 2.41. The SMILES string of the molecule is CCN(C(=O)COCC(=O)O)c1ccc(C)cc1. The molecule has 0 heterocycles. The number of carboxylic acids is 1. The summed E-state index contributed by atoms with van der Waals surface area (Å²) in [6.45, 7) is 3.65. The fourth-order valence-electron chi connectivity index (χ4n) is 1.53. The Balaban J connectivity index is 2.62. The van der Waals surface area contributed by atoms with E-state index in [1.807, 2.05) is 38.1 Å². The van der Waals surface area contributed by atoms with E-state index in [4.69, 9.17) is 9.84 Å². The van der Waals surface area contributed by atoms with E-state index in [1.54, 1.807) is 4.90 Å². The molecule has 5 nitrogen and oxygen atoms in total. The highest BCUT2D eigenvalue weighted by molar-refractivity contribution is 5.94. The van der Waals surface area contributed by atoms with Gasteiger partial charge in [0.1, 0.15) is 13.2 Å². The fourth-order valence-corrected chi connectivity index (χ4v) is 1.53. The van der Waals surface area contributed by atoms with Crippen molar-refractivity contribution in [3.63, 3.8) is 0 Å². The third-order valence-corrected chi connectivity index (χ3v) is 2.41. The molecule has 0 bridgehead atoms. The zero-order valence-corrected chi connectivity index (χ0v) is 10.5. The summed E-state index contributed by atoms with van der Waals surface area (Å²) >= 11 is 0. The van der Waals surface area contributed by atoms with Crippen LogP contribution in [0.1, 0.15) is 12.5 Å². The minimum atomic E-state index is -1.08. The first kappa shape index (κ1) is 14.2. The number of benzene rings is 1. The van der Waals surface area contributed by atoms with Crippen molar-refractivity contribution in [2.24, 2.45) is 0 Å². The number of ether oxygens (including phenoxy) is 1. The van der Waals surface area contributed by atoms with E-state index in [0.29, 0.717) is 6.54 Å². The van der Waals surface area contributed by atoms with Crippen LogP contribution in [0.15, 0.2) is 24.3 Å². The molecule has 0 saturated carbocycles. The number of carboxylic acid groups (broad SMARTS) is 1. The van der Waals surface area contributed by atoms with Gasteiger partial charge in [-0.15, -0.1) is 0 Å². The van der Waals surface area contributed by atoms with Crippen LogP contribution in [-0.2, 0) is 14.3 Å². The average molecular weight is 251 g/mol. The molecule has 0 aliphatic rings. The van der Waals surface area contributed by atoms with Gasteiger partial charge in [-0.25, -0.2) is 4.79 Å². The number of hydrogen-bond acceptors (Lipinski definition) is 3. The maximum atomic E-state index is 11.8. The molecule has 0 aromatic heterocycles. The zero-order chi connectivity index (χ0) is 13.5. The molecule has 0 spiro atoms. The maximum Gasteiger partial charge on any atom is 0.329 e. The molecule has 1 aromatic rings. The van der Waals surface area contributed by atoms with E-state index in [2.05, 4.69) is 0 Å². The van der Waals surface area contributed by atoms with Gasteiger partial charge in [0, 0.05) is 12.2 Å². The van der Waals surface area contributed by atoms with E-state index in [1.165, 1.54) is 0 Å². The van der Waals surface area contributed by atoms with E-state index in [-0.39, 0.29) is 12.5 Å². The number of aryl methyl sites for hydroxylation is 1. The number of likely N-dealkylation sites (N-methyl/N-ethyl adjacent to an activating group) is 1. The van der Waals surface area contributed by atoms with Gasteiger partial charge in [-0.3, -0.25) is 4.79 Å². The second-order valence-electron chi connectivity index (χ2n) is 3.86. The minimum absolute atomic E-state index is 0.228. The molecule has 0 saturated heterocycles. The first-order valence-corrected chi connectivity index (χ1v) is 5.71. The molecule has 1 rings (SSSR count). The highest BCUT2D eigenvalue weighted by Gasteiger charge is 2.14. The number of carbonyl (C=O) groups is 2. The molecular formula is C13H17NO4. The van der Waals surface area contributed by atoms with Crippen molar-refractivity contribution in [1.82, 2.24) is 0 Å². The molecular weight excluding hydrogens is 234 g/mol. The van der Waals surface area contributed by atoms with Crippen LogP contribution in [0.3, 0.4) is 0 Å². The van der Waals surface area contributed by atoms with Gasteiger partial charge in [-0.05, 0) is 26.0 Å². The van der Waals surface area contributed by atoms with Crippen LogP contribution in [0.5, 0.6) is 0 Å².